The second-order valence-electron chi connectivity index (χ2n) is 8.14. The van der Waals surface area contributed by atoms with E-state index in [1.165, 1.54) is 0 Å². The maximum absolute atomic E-state index is 12.9. The van der Waals surface area contributed by atoms with Crippen LogP contribution in [0.3, 0.4) is 0 Å². The van der Waals surface area contributed by atoms with E-state index in [0.29, 0.717) is 22.8 Å². The minimum Gasteiger partial charge on any atom is -0.490 e. The normalized spacial score (nSPS) is 15.8. The molecule has 3 N–H and O–H groups in total. The van der Waals surface area contributed by atoms with Crippen molar-refractivity contribution in [1.82, 2.24) is 9.88 Å². The van der Waals surface area contributed by atoms with E-state index in [-0.39, 0.29) is 12.0 Å². The van der Waals surface area contributed by atoms with Crippen LogP contribution in [0, 0.1) is 0 Å². The van der Waals surface area contributed by atoms with Gasteiger partial charge in [0.25, 0.3) is 5.91 Å². The number of piperidine rings is 1. The number of anilines is 1. The molecular weight excluding hydrogens is 416 g/mol. The Bertz CT molecular complexity index is 1200. The van der Waals surface area contributed by atoms with Gasteiger partial charge < -0.3 is 20.8 Å². The lowest BCUT2D eigenvalue weighted by Crippen LogP contribution is -2.35. The Balaban J connectivity index is 1.49. The molecule has 1 aliphatic heterocycles. The van der Waals surface area contributed by atoms with Gasteiger partial charge in [0.1, 0.15) is 23.4 Å². The zero-order valence-electron chi connectivity index (χ0n) is 18.9. The van der Waals surface area contributed by atoms with Crippen LogP contribution < -0.4 is 15.9 Å². The summed E-state index contributed by atoms with van der Waals surface area (Å²) in [5.41, 5.74) is 1.92. The number of likely N-dealkylation sites (tertiary alicyclic amines) is 1. The summed E-state index contributed by atoms with van der Waals surface area (Å²) in [6, 6.07) is 14.9. The zero-order chi connectivity index (χ0) is 23.2. The lowest BCUT2D eigenvalue weighted by molar-refractivity contribution is 0.102. The number of nitrogens with zero attached hydrogens (tertiary/aromatic N) is 4. The van der Waals surface area contributed by atoms with Gasteiger partial charge in [0.05, 0.1) is 0 Å². The van der Waals surface area contributed by atoms with Crippen LogP contribution in [-0.2, 0) is 0 Å². The van der Waals surface area contributed by atoms with Crippen LogP contribution in [0.2, 0.25) is 0 Å². The Labute approximate surface area is 193 Å². The largest absolute Gasteiger partial charge is 0.490 e. The Morgan fingerprint density at radius 1 is 1.15 bits per heavy atom. The van der Waals surface area contributed by atoms with Crippen molar-refractivity contribution in [1.29, 1.82) is 0 Å². The Morgan fingerprint density at radius 3 is 2.73 bits per heavy atom. The highest BCUT2D eigenvalue weighted by Crippen LogP contribution is 2.22. The van der Waals surface area contributed by atoms with Gasteiger partial charge >= 0.3 is 0 Å². The van der Waals surface area contributed by atoms with Gasteiger partial charge in [-0.15, -0.1) is 0 Å². The highest BCUT2D eigenvalue weighted by molar-refractivity contribution is 6.38. The summed E-state index contributed by atoms with van der Waals surface area (Å²) in [5.74, 6) is 6.41. The summed E-state index contributed by atoms with van der Waals surface area (Å²) in [6.45, 7) is 2.04. The van der Waals surface area contributed by atoms with Crippen LogP contribution >= 0.6 is 0 Å². The highest BCUT2D eigenvalue weighted by atomic mass is 16.5. The molecule has 1 fully saturated rings. The quantitative estimate of drug-likeness (QED) is 0.345. The Kier molecular flexibility index (Phi) is 6.95. The number of aromatic nitrogens is 1. The number of nitrogens with two attached hydrogens (primary N) is 1. The standard InChI is InChI=1S/C25H28N6O2/c1-27-16-23(30-26)17-6-7-19-15-28-24(14-20(19)12-17)29-25(32)18-4-3-5-22(13-18)33-21-8-10-31(2)11-9-21/h3-7,12-16,21H,8-11,26H2,1-2H3,(H,28,29,32). The summed E-state index contributed by atoms with van der Waals surface area (Å²) in [4.78, 5) is 23.5. The number of hydrazone groups is 1. The van der Waals surface area contributed by atoms with E-state index in [1.807, 2.05) is 36.4 Å². The first-order valence-electron chi connectivity index (χ1n) is 10.9. The Morgan fingerprint density at radius 2 is 1.97 bits per heavy atom. The first-order chi connectivity index (χ1) is 16.1. The van der Waals surface area contributed by atoms with Crippen LogP contribution in [0.1, 0.15) is 28.8 Å². The first-order valence-corrected chi connectivity index (χ1v) is 10.9. The minimum absolute atomic E-state index is 0.176. The molecule has 1 aliphatic rings. The van der Waals surface area contributed by atoms with E-state index in [9.17, 15) is 4.79 Å². The molecule has 8 heteroatoms. The molecule has 2 heterocycles. The van der Waals surface area contributed by atoms with E-state index in [1.54, 1.807) is 31.6 Å². The summed E-state index contributed by atoms with van der Waals surface area (Å²) in [6.07, 6.45) is 5.47. The molecule has 1 amide bonds. The van der Waals surface area contributed by atoms with Gasteiger partial charge in [-0.1, -0.05) is 18.2 Å². The number of hydrogen-bond acceptors (Lipinski definition) is 7. The van der Waals surface area contributed by atoms with Crippen molar-refractivity contribution in [2.45, 2.75) is 18.9 Å². The predicted octanol–water partition coefficient (Wildman–Crippen LogP) is 3.32. The minimum atomic E-state index is -0.242. The zero-order valence-corrected chi connectivity index (χ0v) is 18.9. The molecule has 33 heavy (non-hydrogen) atoms. The molecule has 0 bridgehead atoms. The monoisotopic (exact) mass is 444 g/mol. The molecule has 170 valence electrons. The second kappa shape index (κ2) is 10.2. The number of hydrogen-bond donors (Lipinski definition) is 2. The van der Waals surface area contributed by atoms with Gasteiger partial charge in [-0.05, 0) is 55.6 Å². The van der Waals surface area contributed by atoms with Gasteiger partial charge in [-0.2, -0.15) is 5.10 Å². The van der Waals surface area contributed by atoms with Gasteiger partial charge in [0.2, 0.25) is 0 Å². The van der Waals surface area contributed by atoms with E-state index in [4.69, 9.17) is 10.6 Å². The molecule has 8 nitrogen and oxygen atoms in total. The van der Waals surface area contributed by atoms with Gasteiger partial charge in [0, 0.05) is 49.1 Å². The molecule has 0 atom stereocenters. The lowest BCUT2D eigenvalue weighted by Gasteiger charge is -2.29. The topological polar surface area (TPSA) is 105 Å². The number of rotatable bonds is 6. The average molecular weight is 445 g/mol. The number of nitrogens with one attached hydrogen (secondary N) is 1. The SMILES string of the molecule is CN=CC(=NN)c1ccc2cnc(NC(=O)c3cccc(OC4CCN(C)CC4)c3)cc2c1. The van der Waals surface area contributed by atoms with E-state index >= 15 is 0 Å². The molecule has 1 aromatic heterocycles. The fourth-order valence-electron chi connectivity index (χ4n) is 3.87. The maximum Gasteiger partial charge on any atom is 0.256 e. The van der Waals surface area contributed by atoms with Gasteiger partial charge in [0.15, 0.2) is 0 Å². The number of fused-ring (bicyclic) bond motifs is 1. The van der Waals surface area contributed by atoms with Crippen LogP contribution in [0.25, 0.3) is 10.8 Å². The number of carbonyl (C=O) groups is 1. The fraction of sp³-hybridized carbons (Fsp3) is 0.280. The second-order valence-corrected chi connectivity index (χ2v) is 8.14. The van der Waals surface area contributed by atoms with Gasteiger partial charge in [-0.3, -0.25) is 9.79 Å². The van der Waals surface area contributed by atoms with Crippen LogP contribution in [0.15, 0.2) is 64.8 Å². The Hall–Kier alpha value is -3.78. The van der Waals surface area contributed by atoms with E-state index < -0.39 is 0 Å². The number of carbonyl (C=O) groups excluding carboxylic acids is 1. The molecule has 3 aromatic rings. The van der Waals surface area contributed by atoms with Crippen LogP contribution in [-0.4, -0.2) is 61.0 Å². The summed E-state index contributed by atoms with van der Waals surface area (Å²) in [5, 5.41) is 8.51. The van der Waals surface area contributed by atoms with Crippen molar-refractivity contribution >= 4 is 34.4 Å². The summed E-state index contributed by atoms with van der Waals surface area (Å²) < 4.78 is 6.11. The van der Waals surface area contributed by atoms with Crippen LogP contribution in [0.5, 0.6) is 5.75 Å². The number of pyridine rings is 1. The number of aliphatic imine (C=N–C) groups is 1. The summed E-state index contributed by atoms with van der Waals surface area (Å²) >= 11 is 0. The fourth-order valence-corrected chi connectivity index (χ4v) is 3.87. The van der Waals surface area contributed by atoms with Crippen molar-refractivity contribution in [2.24, 2.45) is 15.9 Å². The molecule has 0 radical (unpaired) electrons. The van der Waals surface area contributed by atoms with Crippen molar-refractivity contribution in [3.05, 3.63) is 65.9 Å². The van der Waals surface area contributed by atoms with E-state index in [2.05, 4.69) is 32.3 Å². The van der Waals surface area contributed by atoms with Crippen molar-refractivity contribution < 1.29 is 9.53 Å². The van der Waals surface area contributed by atoms with Crippen LogP contribution in [0.4, 0.5) is 5.82 Å². The molecule has 0 saturated carbocycles. The number of ether oxygens (including phenoxy) is 1. The molecular formula is C25H28N6O2. The predicted molar refractivity (Wildman–Crippen MR) is 132 cm³/mol. The molecule has 2 aromatic carbocycles. The van der Waals surface area contributed by atoms with Crippen molar-refractivity contribution in [3.8, 4) is 5.75 Å². The molecule has 0 unspecified atom stereocenters. The van der Waals surface area contributed by atoms with Gasteiger partial charge in [-0.25, -0.2) is 4.98 Å². The third-order valence-electron chi connectivity index (χ3n) is 5.71. The van der Waals surface area contributed by atoms with E-state index in [0.717, 1.165) is 42.3 Å². The summed E-state index contributed by atoms with van der Waals surface area (Å²) in [7, 11) is 3.78. The maximum atomic E-state index is 12.9. The first kappa shape index (κ1) is 22.4. The average Bonchev–Trinajstić information content (AvgIpc) is 2.83. The molecule has 4 rings (SSSR count). The lowest BCUT2D eigenvalue weighted by atomic mass is 10.1. The number of amides is 1. The van der Waals surface area contributed by atoms with Crippen molar-refractivity contribution in [2.75, 3.05) is 32.5 Å². The molecule has 0 aliphatic carbocycles. The smallest absolute Gasteiger partial charge is 0.256 e. The molecule has 1 saturated heterocycles. The third-order valence-corrected chi connectivity index (χ3v) is 5.71. The van der Waals surface area contributed by atoms with Crippen molar-refractivity contribution in [3.63, 3.8) is 0 Å². The number of benzene rings is 2. The highest BCUT2D eigenvalue weighted by Gasteiger charge is 2.18. The molecule has 0 spiro atoms. The third kappa shape index (κ3) is 5.53.